The fourth-order valence-corrected chi connectivity index (χ4v) is 2.61. The van der Waals surface area contributed by atoms with Gasteiger partial charge in [0.2, 0.25) is 12.3 Å². The molecule has 2 aromatic rings. The molecule has 0 aromatic heterocycles. The van der Waals surface area contributed by atoms with Crippen LogP contribution in [0.5, 0.6) is 0 Å². The SMILES string of the molecule is CC1(CC(F)F)OC(c2ccccc2F)=Nc2ccccc21. The summed E-state index contributed by atoms with van der Waals surface area (Å²) in [6.45, 7) is 1.58. The van der Waals surface area contributed by atoms with Crippen molar-refractivity contribution in [3.05, 3.63) is 65.5 Å². The Kier molecular flexibility index (Phi) is 3.64. The van der Waals surface area contributed by atoms with Gasteiger partial charge in [-0.1, -0.05) is 30.3 Å². The smallest absolute Gasteiger partial charge is 0.242 e. The van der Waals surface area contributed by atoms with E-state index in [0.717, 1.165) is 0 Å². The fourth-order valence-electron chi connectivity index (χ4n) is 2.61. The maximum Gasteiger partial charge on any atom is 0.242 e. The van der Waals surface area contributed by atoms with E-state index < -0.39 is 24.3 Å². The molecule has 2 nitrogen and oxygen atoms in total. The molecule has 0 radical (unpaired) electrons. The van der Waals surface area contributed by atoms with Crippen LogP contribution in [0.15, 0.2) is 53.5 Å². The maximum atomic E-state index is 14.0. The van der Waals surface area contributed by atoms with E-state index in [4.69, 9.17) is 4.74 Å². The zero-order chi connectivity index (χ0) is 15.7. The lowest BCUT2D eigenvalue weighted by molar-refractivity contribution is -0.00328. The summed E-state index contributed by atoms with van der Waals surface area (Å²) in [7, 11) is 0. The standard InChI is InChI=1S/C17H14F3NO/c1-17(10-15(19)20)12-7-3-5-9-14(12)21-16(22-17)11-6-2-4-8-13(11)18/h2-9,15H,10H2,1H3. The minimum absolute atomic E-state index is 0.0277. The molecule has 1 aliphatic heterocycles. The summed E-state index contributed by atoms with van der Waals surface area (Å²) in [4.78, 5) is 4.29. The van der Waals surface area contributed by atoms with Crippen LogP contribution in [0, 0.1) is 5.82 Å². The van der Waals surface area contributed by atoms with Crippen molar-refractivity contribution in [2.24, 2.45) is 4.99 Å². The Hall–Kier alpha value is -2.30. The van der Waals surface area contributed by atoms with Crippen LogP contribution in [-0.4, -0.2) is 12.3 Å². The third-order valence-electron chi connectivity index (χ3n) is 3.67. The van der Waals surface area contributed by atoms with Gasteiger partial charge in [0.25, 0.3) is 0 Å². The summed E-state index contributed by atoms with van der Waals surface area (Å²) in [5, 5.41) is 0. The van der Waals surface area contributed by atoms with Gasteiger partial charge in [0.05, 0.1) is 17.7 Å². The molecule has 0 N–H and O–H groups in total. The molecule has 0 saturated carbocycles. The zero-order valence-electron chi connectivity index (χ0n) is 11.9. The van der Waals surface area contributed by atoms with Crippen molar-refractivity contribution in [1.82, 2.24) is 0 Å². The van der Waals surface area contributed by atoms with Crippen molar-refractivity contribution in [3.8, 4) is 0 Å². The Morgan fingerprint density at radius 3 is 2.50 bits per heavy atom. The largest absolute Gasteiger partial charge is 0.466 e. The van der Waals surface area contributed by atoms with Gasteiger partial charge in [0.1, 0.15) is 11.4 Å². The topological polar surface area (TPSA) is 21.6 Å². The van der Waals surface area contributed by atoms with Crippen LogP contribution in [0.2, 0.25) is 0 Å². The Morgan fingerprint density at radius 1 is 1.09 bits per heavy atom. The van der Waals surface area contributed by atoms with Crippen molar-refractivity contribution in [2.75, 3.05) is 0 Å². The highest BCUT2D eigenvalue weighted by Crippen LogP contribution is 2.42. The number of hydrogen-bond donors (Lipinski definition) is 0. The lowest BCUT2D eigenvalue weighted by Gasteiger charge is -2.35. The minimum atomic E-state index is -2.54. The van der Waals surface area contributed by atoms with Crippen LogP contribution in [0.4, 0.5) is 18.9 Å². The molecule has 1 aliphatic rings. The summed E-state index contributed by atoms with van der Waals surface area (Å²) in [6, 6.07) is 12.9. The Morgan fingerprint density at radius 2 is 1.77 bits per heavy atom. The molecule has 0 fully saturated rings. The molecule has 0 aliphatic carbocycles. The predicted octanol–water partition coefficient (Wildman–Crippen LogP) is 4.80. The van der Waals surface area contributed by atoms with E-state index in [-0.39, 0.29) is 11.5 Å². The molecule has 22 heavy (non-hydrogen) atoms. The predicted molar refractivity (Wildman–Crippen MR) is 78.1 cm³/mol. The van der Waals surface area contributed by atoms with E-state index in [2.05, 4.69) is 4.99 Å². The summed E-state index contributed by atoms with van der Waals surface area (Å²) in [5.74, 6) is -0.472. The number of hydrogen-bond acceptors (Lipinski definition) is 2. The number of para-hydroxylation sites is 1. The van der Waals surface area contributed by atoms with Gasteiger partial charge in [-0.05, 0) is 25.1 Å². The van der Waals surface area contributed by atoms with Crippen molar-refractivity contribution in [2.45, 2.75) is 25.4 Å². The van der Waals surface area contributed by atoms with Gasteiger partial charge in [-0.15, -0.1) is 0 Å². The molecule has 1 unspecified atom stereocenters. The third-order valence-corrected chi connectivity index (χ3v) is 3.67. The molecule has 2 aromatic carbocycles. The van der Waals surface area contributed by atoms with Crippen LogP contribution >= 0.6 is 0 Å². The second kappa shape index (κ2) is 5.48. The first-order chi connectivity index (χ1) is 10.5. The molecule has 3 rings (SSSR count). The van der Waals surface area contributed by atoms with E-state index in [0.29, 0.717) is 11.3 Å². The Labute approximate surface area is 126 Å². The van der Waals surface area contributed by atoms with Gasteiger partial charge in [0.15, 0.2) is 0 Å². The first-order valence-electron chi connectivity index (χ1n) is 6.90. The molecule has 0 amide bonds. The van der Waals surface area contributed by atoms with Crippen LogP contribution < -0.4 is 0 Å². The number of nitrogens with zero attached hydrogens (tertiary/aromatic N) is 1. The number of rotatable bonds is 3. The van der Waals surface area contributed by atoms with Gasteiger partial charge in [-0.2, -0.15) is 0 Å². The first kappa shape index (κ1) is 14.6. The van der Waals surface area contributed by atoms with Gasteiger partial charge in [-0.25, -0.2) is 18.2 Å². The summed E-state index contributed by atoms with van der Waals surface area (Å²) < 4.78 is 45.6. The number of fused-ring (bicyclic) bond motifs is 1. The van der Waals surface area contributed by atoms with Gasteiger partial charge >= 0.3 is 0 Å². The lowest BCUT2D eigenvalue weighted by Crippen LogP contribution is -2.34. The first-order valence-corrected chi connectivity index (χ1v) is 6.90. The summed E-state index contributed by atoms with van der Waals surface area (Å²) >= 11 is 0. The number of alkyl halides is 2. The van der Waals surface area contributed by atoms with Crippen molar-refractivity contribution in [3.63, 3.8) is 0 Å². The highest BCUT2D eigenvalue weighted by Gasteiger charge is 2.39. The average Bonchev–Trinajstić information content (AvgIpc) is 2.46. The normalized spacial score (nSPS) is 20.3. The molecule has 0 saturated heterocycles. The van der Waals surface area contributed by atoms with Crippen LogP contribution in [0.1, 0.15) is 24.5 Å². The Balaban J connectivity index is 2.12. The maximum absolute atomic E-state index is 14.0. The molecule has 114 valence electrons. The van der Waals surface area contributed by atoms with E-state index in [9.17, 15) is 13.2 Å². The number of benzene rings is 2. The molecule has 1 heterocycles. The molecule has 0 bridgehead atoms. The summed E-state index contributed by atoms with van der Waals surface area (Å²) in [5.41, 5.74) is 0.0208. The van der Waals surface area contributed by atoms with E-state index in [1.165, 1.54) is 12.1 Å². The second-order valence-electron chi connectivity index (χ2n) is 5.34. The number of aliphatic imine (C=N–C) groups is 1. The van der Waals surface area contributed by atoms with Crippen LogP contribution in [0.3, 0.4) is 0 Å². The fraction of sp³-hybridized carbons (Fsp3) is 0.235. The summed E-state index contributed by atoms with van der Waals surface area (Å²) in [6.07, 6.45) is -3.03. The van der Waals surface area contributed by atoms with Crippen LogP contribution in [-0.2, 0) is 10.3 Å². The highest BCUT2D eigenvalue weighted by molar-refractivity contribution is 5.97. The van der Waals surface area contributed by atoms with Crippen molar-refractivity contribution < 1.29 is 17.9 Å². The minimum Gasteiger partial charge on any atom is -0.466 e. The lowest BCUT2D eigenvalue weighted by atomic mass is 9.89. The van der Waals surface area contributed by atoms with Crippen LogP contribution in [0.25, 0.3) is 0 Å². The quantitative estimate of drug-likeness (QED) is 0.798. The van der Waals surface area contributed by atoms with Crippen molar-refractivity contribution >= 4 is 11.6 Å². The van der Waals surface area contributed by atoms with E-state index >= 15 is 0 Å². The van der Waals surface area contributed by atoms with Gasteiger partial charge in [-0.3, -0.25) is 0 Å². The van der Waals surface area contributed by atoms with Crippen molar-refractivity contribution in [1.29, 1.82) is 0 Å². The number of ether oxygens (including phenoxy) is 1. The number of halogens is 3. The third kappa shape index (κ3) is 2.58. The van der Waals surface area contributed by atoms with E-state index in [1.807, 2.05) is 0 Å². The second-order valence-corrected chi connectivity index (χ2v) is 5.34. The van der Waals surface area contributed by atoms with E-state index in [1.54, 1.807) is 43.3 Å². The molecule has 0 spiro atoms. The monoisotopic (exact) mass is 305 g/mol. The zero-order valence-corrected chi connectivity index (χ0v) is 11.9. The molecule has 1 atom stereocenters. The molecular formula is C17H14F3NO. The molecular weight excluding hydrogens is 291 g/mol. The van der Waals surface area contributed by atoms with Gasteiger partial charge in [0, 0.05) is 5.56 Å². The Bertz CT molecular complexity index is 729. The highest BCUT2D eigenvalue weighted by atomic mass is 19.3. The molecule has 5 heteroatoms. The average molecular weight is 305 g/mol. The van der Waals surface area contributed by atoms with Gasteiger partial charge < -0.3 is 4.74 Å².